The number of carbonyl (C=O) groups excluding carboxylic acids is 1. The maximum absolute atomic E-state index is 12.4. The largest absolute Gasteiger partial charge is 0.486 e. The second-order valence-corrected chi connectivity index (χ2v) is 6.64. The van der Waals surface area contributed by atoms with Crippen molar-refractivity contribution in [3.05, 3.63) is 106 Å². The summed E-state index contributed by atoms with van der Waals surface area (Å²) in [5, 5.41) is 17.7. The summed E-state index contributed by atoms with van der Waals surface area (Å²) >= 11 is 0. The fourth-order valence-electron chi connectivity index (χ4n) is 2.86. The van der Waals surface area contributed by atoms with Crippen molar-refractivity contribution < 1.29 is 18.9 Å². The fourth-order valence-corrected chi connectivity index (χ4v) is 2.86. The number of benzene rings is 2. The second kappa shape index (κ2) is 8.95. The summed E-state index contributed by atoms with van der Waals surface area (Å²) in [7, 11) is 0. The molecule has 4 aromatic rings. The van der Waals surface area contributed by atoms with E-state index in [4.69, 9.17) is 9.15 Å². The molecule has 0 saturated heterocycles. The van der Waals surface area contributed by atoms with Crippen molar-refractivity contribution in [3.63, 3.8) is 0 Å². The average Bonchev–Trinajstić information content (AvgIpc) is 3.43. The van der Waals surface area contributed by atoms with E-state index < -0.39 is 10.8 Å². The van der Waals surface area contributed by atoms with Gasteiger partial charge in [0.1, 0.15) is 18.1 Å². The number of ether oxygens (including phenoxy) is 1. The molecular weight excluding hydrogens is 400 g/mol. The molecule has 31 heavy (non-hydrogen) atoms. The molecule has 0 aliphatic heterocycles. The molecule has 0 saturated carbocycles. The van der Waals surface area contributed by atoms with Gasteiger partial charge in [-0.3, -0.25) is 19.6 Å². The van der Waals surface area contributed by atoms with E-state index in [1.54, 1.807) is 29.1 Å². The van der Waals surface area contributed by atoms with Gasteiger partial charge in [0.15, 0.2) is 11.6 Å². The molecule has 9 heteroatoms. The van der Waals surface area contributed by atoms with Gasteiger partial charge in [-0.1, -0.05) is 30.3 Å². The molecule has 0 aliphatic rings. The standard InChI is InChI=1S/C22H18N4O5/c27-22(23-21-12-13-25(24-21)14-16-4-2-1-3-5-16)20-11-10-19(31-20)15-30-18-8-6-17(7-9-18)26(28)29/h1-13H,14-15H2,(H,23,24,27). The van der Waals surface area contributed by atoms with E-state index in [2.05, 4.69) is 10.4 Å². The van der Waals surface area contributed by atoms with Gasteiger partial charge in [0.2, 0.25) is 0 Å². The lowest BCUT2D eigenvalue weighted by atomic mass is 10.2. The van der Waals surface area contributed by atoms with Crippen LogP contribution in [0.5, 0.6) is 5.75 Å². The van der Waals surface area contributed by atoms with Crippen LogP contribution in [0.3, 0.4) is 0 Å². The third-order valence-corrected chi connectivity index (χ3v) is 4.38. The summed E-state index contributed by atoms with van der Waals surface area (Å²) in [5.74, 6) is 1.02. The first-order valence-electron chi connectivity index (χ1n) is 9.41. The average molecular weight is 418 g/mol. The Morgan fingerprint density at radius 1 is 1.06 bits per heavy atom. The van der Waals surface area contributed by atoms with Crippen LogP contribution in [0.2, 0.25) is 0 Å². The Morgan fingerprint density at radius 2 is 1.84 bits per heavy atom. The van der Waals surface area contributed by atoms with Crippen LogP contribution in [0.25, 0.3) is 0 Å². The van der Waals surface area contributed by atoms with E-state index >= 15 is 0 Å². The van der Waals surface area contributed by atoms with Gasteiger partial charge in [0.25, 0.3) is 11.6 Å². The maximum Gasteiger partial charge on any atom is 0.292 e. The minimum atomic E-state index is -0.480. The zero-order chi connectivity index (χ0) is 21.6. The Morgan fingerprint density at radius 3 is 2.58 bits per heavy atom. The highest BCUT2D eigenvalue weighted by Crippen LogP contribution is 2.19. The molecule has 0 atom stereocenters. The van der Waals surface area contributed by atoms with Crippen LogP contribution in [0.15, 0.2) is 83.4 Å². The van der Waals surface area contributed by atoms with E-state index in [1.165, 1.54) is 24.3 Å². The Kier molecular flexibility index (Phi) is 5.75. The van der Waals surface area contributed by atoms with E-state index in [1.807, 2.05) is 30.3 Å². The number of hydrogen-bond acceptors (Lipinski definition) is 6. The smallest absolute Gasteiger partial charge is 0.292 e. The van der Waals surface area contributed by atoms with Gasteiger partial charge in [-0.2, -0.15) is 5.10 Å². The minimum absolute atomic E-state index is 0.0180. The molecular formula is C22H18N4O5. The third-order valence-electron chi connectivity index (χ3n) is 4.38. The summed E-state index contributed by atoms with van der Waals surface area (Å²) in [6.07, 6.45) is 1.79. The zero-order valence-electron chi connectivity index (χ0n) is 16.3. The van der Waals surface area contributed by atoms with Crippen molar-refractivity contribution >= 4 is 17.4 Å². The number of nitro groups is 1. The van der Waals surface area contributed by atoms with Crippen LogP contribution in [0.4, 0.5) is 11.5 Å². The Hall–Kier alpha value is -4.40. The Bertz CT molecular complexity index is 1180. The van der Waals surface area contributed by atoms with Crippen LogP contribution in [-0.2, 0) is 13.2 Å². The van der Waals surface area contributed by atoms with Gasteiger partial charge in [-0.25, -0.2) is 0 Å². The van der Waals surface area contributed by atoms with Crippen LogP contribution in [-0.4, -0.2) is 20.6 Å². The fraction of sp³-hybridized carbons (Fsp3) is 0.0909. The molecule has 2 aromatic carbocycles. The number of nitrogens with one attached hydrogen (secondary N) is 1. The highest BCUT2D eigenvalue weighted by Gasteiger charge is 2.13. The molecule has 0 bridgehead atoms. The lowest BCUT2D eigenvalue weighted by Gasteiger charge is -2.04. The van der Waals surface area contributed by atoms with Gasteiger partial charge in [-0.15, -0.1) is 0 Å². The van der Waals surface area contributed by atoms with Gasteiger partial charge in [0, 0.05) is 24.4 Å². The normalized spacial score (nSPS) is 10.6. The number of anilines is 1. The van der Waals surface area contributed by atoms with Gasteiger partial charge in [-0.05, 0) is 29.8 Å². The first-order chi connectivity index (χ1) is 15.1. The monoisotopic (exact) mass is 418 g/mol. The SMILES string of the molecule is O=C(Nc1ccn(Cc2ccccc2)n1)c1ccc(COc2ccc([N+](=O)[O-])cc2)o1. The third kappa shape index (κ3) is 5.15. The number of aromatic nitrogens is 2. The molecule has 4 rings (SSSR count). The molecule has 0 unspecified atom stereocenters. The summed E-state index contributed by atoms with van der Waals surface area (Å²) in [5.41, 5.74) is 1.09. The molecule has 2 heterocycles. The predicted octanol–water partition coefficient (Wildman–Crippen LogP) is 4.26. The van der Waals surface area contributed by atoms with Crippen LogP contribution in [0, 0.1) is 10.1 Å². The summed E-state index contributed by atoms with van der Waals surface area (Å²) in [4.78, 5) is 22.6. The predicted molar refractivity (Wildman–Crippen MR) is 112 cm³/mol. The van der Waals surface area contributed by atoms with Crippen molar-refractivity contribution in [2.24, 2.45) is 0 Å². The molecule has 0 fully saturated rings. The maximum atomic E-state index is 12.4. The van der Waals surface area contributed by atoms with E-state index in [0.29, 0.717) is 23.9 Å². The molecule has 0 spiro atoms. The van der Waals surface area contributed by atoms with E-state index in [0.717, 1.165) is 5.56 Å². The summed E-state index contributed by atoms with van der Waals surface area (Å²) < 4.78 is 12.8. The molecule has 0 radical (unpaired) electrons. The number of furan rings is 1. The quantitative estimate of drug-likeness (QED) is 0.338. The van der Waals surface area contributed by atoms with Crippen molar-refractivity contribution in [3.8, 4) is 5.75 Å². The molecule has 1 amide bonds. The lowest BCUT2D eigenvalue weighted by molar-refractivity contribution is -0.384. The molecule has 9 nitrogen and oxygen atoms in total. The van der Waals surface area contributed by atoms with Crippen molar-refractivity contribution in [2.45, 2.75) is 13.2 Å². The van der Waals surface area contributed by atoms with Crippen LogP contribution < -0.4 is 10.1 Å². The molecule has 0 aliphatic carbocycles. The lowest BCUT2D eigenvalue weighted by Crippen LogP contribution is -2.12. The van der Waals surface area contributed by atoms with Gasteiger partial charge in [0.05, 0.1) is 11.5 Å². The first-order valence-corrected chi connectivity index (χ1v) is 9.41. The number of amides is 1. The van der Waals surface area contributed by atoms with Crippen molar-refractivity contribution in [1.82, 2.24) is 9.78 Å². The Balaban J connectivity index is 1.31. The topological polar surface area (TPSA) is 112 Å². The van der Waals surface area contributed by atoms with Crippen LogP contribution >= 0.6 is 0 Å². The molecule has 1 N–H and O–H groups in total. The van der Waals surface area contributed by atoms with Crippen molar-refractivity contribution in [1.29, 1.82) is 0 Å². The zero-order valence-corrected chi connectivity index (χ0v) is 16.3. The van der Waals surface area contributed by atoms with Gasteiger partial charge >= 0.3 is 0 Å². The van der Waals surface area contributed by atoms with Crippen LogP contribution in [0.1, 0.15) is 21.9 Å². The van der Waals surface area contributed by atoms with E-state index in [-0.39, 0.29) is 18.1 Å². The van der Waals surface area contributed by atoms with Crippen molar-refractivity contribution in [2.75, 3.05) is 5.32 Å². The van der Waals surface area contributed by atoms with Gasteiger partial charge < -0.3 is 14.5 Å². The molecule has 2 aromatic heterocycles. The Labute approximate surface area is 177 Å². The number of nitro benzene ring substituents is 1. The number of rotatable bonds is 8. The number of non-ortho nitro benzene ring substituents is 1. The summed E-state index contributed by atoms with van der Waals surface area (Å²) in [6, 6.07) is 20.5. The highest BCUT2D eigenvalue weighted by molar-refractivity contribution is 6.01. The minimum Gasteiger partial charge on any atom is -0.486 e. The van der Waals surface area contributed by atoms with E-state index in [9.17, 15) is 14.9 Å². The molecule has 156 valence electrons. The number of hydrogen-bond donors (Lipinski definition) is 1. The number of carbonyl (C=O) groups is 1. The second-order valence-electron chi connectivity index (χ2n) is 6.64. The highest BCUT2D eigenvalue weighted by atomic mass is 16.6. The summed E-state index contributed by atoms with van der Waals surface area (Å²) in [6.45, 7) is 0.679. The number of nitrogens with zero attached hydrogens (tertiary/aromatic N) is 3. The first kappa shape index (κ1) is 19.9.